The molecule has 0 atom stereocenters. The van der Waals surface area contributed by atoms with Gasteiger partial charge in [-0.3, -0.25) is 9.69 Å². The highest BCUT2D eigenvalue weighted by atomic mass is 35.5. The number of fused-ring (bicyclic) bond motifs is 1. The number of amides is 1. The second-order valence-electron chi connectivity index (χ2n) is 8.14. The van der Waals surface area contributed by atoms with Crippen LogP contribution in [0.3, 0.4) is 0 Å². The van der Waals surface area contributed by atoms with Crippen molar-refractivity contribution in [2.45, 2.75) is 31.1 Å². The Hall–Kier alpha value is -2.07. The molecule has 0 spiro atoms. The van der Waals surface area contributed by atoms with Gasteiger partial charge in [0.25, 0.3) is 0 Å². The average Bonchev–Trinajstić information content (AvgIpc) is 3.15. The Morgan fingerprint density at radius 3 is 2.48 bits per heavy atom. The molecule has 0 aliphatic carbocycles. The van der Waals surface area contributed by atoms with Gasteiger partial charge in [0.05, 0.1) is 20.9 Å². The summed E-state index contributed by atoms with van der Waals surface area (Å²) in [6.07, 6.45) is 0.985. The third-order valence-corrected chi connectivity index (χ3v) is 8.19. The van der Waals surface area contributed by atoms with Crippen LogP contribution in [0, 0.1) is 12.7 Å². The van der Waals surface area contributed by atoms with Crippen molar-refractivity contribution < 1.29 is 17.6 Å². The standard InChI is InChI=1S/C23H27ClFN3O3S2/c1-16-14-17(24)15-20-22(16)26-23(32-20)28(12-5-11-27(2)3)21(29)6-4-13-33(30,31)19-9-7-18(25)8-10-19/h7-10,14-15H,4-6,11-13H2,1-3H3. The summed E-state index contributed by atoms with van der Waals surface area (Å²) >= 11 is 7.58. The number of hydrogen-bond acceptors (Lipinski definition) is 6. The molecule has 2 aromatic carbocycles. The van der Waals surface area contributed by atoms with Gasteiger partial charge in [0.1, 0.15) is 5.82 Å². The van der Waals surface area contributed by atoms with Gasteiger partial charge >= 0.3 is 0 Å². The number of carbonyl (C=O) groups is 1. The number of sulfone groups is 1. The molecule has 3 aromatic rings. The fourth-order valence-corrected chi connectivity index (χ4v) is 6.21. The highest BCUT2D eigenvalue weighted by molar-refractivity contribution is 7.91. The Kier molecular flexibility index (Phi) is 8.44. The van der Waals surface area contributed by atoms with Crippen LogP contribution in [0.5, 0.6) is 0 Å². The molecule has 0 aliphatic heterocycles. The van der Waals surface area contributed by atoms with Gasteiger partial charge in [-0.05, 0) is 82.4 Å². The number of halogens is 2. The highest BCUT2D eigenvalue weighted by Crippen LogP contribution is 2.33. The fraction of sp³-hybridized carbons (Fsp3) is 0.391. The highest BCUT2D eigenvalue weighted by Gasteiger charge is 2.22. The van der Waals surface area contributed by atoms with E-state index in [1.54, 1.807) is 4.90 Å². The van der Waals surface area contributed by atoms with E-state index < -0.39 is 15.7 Å². The summed E-state index contributed by atoms with van der Waals surface area (Å²) in [5.74, 6) is -0.861. The van der Waals surface area contributed by atoms with Crippen LogP contribution in [0.15, 0.2) is 41.3 Å². The predicted octanol–water partition coefficient (Wildman–Crippen LogP) is 4.94. The molecular formula is C23H27ClFN3O3S2. The molecule has 0 N–H and O–H groups in total. The van der Waals surface area contributed by atoms with Crippen molar-refractivity contribution in [1.82, 2.24) is 9.88 Å². The van der Waals surface area contributed by atoms with Gasteiger partial charge in [0.2, 0.25) is 5.91 Å². The number of carbonyl (C=O) groups excluding carboxylic acids is 1. The average molecular weight is 512 g/mol. The smallest absolute Gasteiger partial charge is 0.228 e. The number of aryl methyl sites for hydroxylation is 1. The zero-order valence-electron chi connectivity index (χ0n) is 18.8. The quantitative estimate of drug-likeness (QED) is 0.361. The number of benzene rings is 2. The first-order valence-corrected chi connectivity index (χ1v) is 13.4. The first kappa shape index (κ1) is 25.6. The molecule has 0 fully saturated rings. The Morgan fingerprint density at radius 1 is 1.12 bits per heavy atom. The largest absolute Gasteiger partial charge is 0.309 e. The second kappa shape index (κ2) is 10.9. The molecule has 10 heteroatoms. The minimum absolute atomic E-state index is 0.0534. The number of hydrogen-bond donors (Lipinski definition) is 0. The van der Waals surface area contributed by atoms with E-state index in [4.69, 9.17) is 11.6 Å². The monoisotopic (exact) mass is 511 g/mol. The Bertz CT molecular complexity index is 1230. The first-order valence-electron chi connectivity index (χ1n) is 10.6. The number of rotatable bonds is 10. The lowest BCUT2D eigenvalue weighted by atomic mass is 10.2. The molecule has 1 amide bonds. The molecule has 0 radical (unpaired) electrons. The third-order valence-electron chi connectivity index (χ3n) is 5.13. The molecule has 33 heavy (non-hydrogen) atoms. The summed E-state index contributed by atoms with van der Waals surface area (Å²) in [5, 5.41) is 1.20. The van der Waals surface area contributed by atoms with Gasteiger partial charge in [-0.25, -0.2) is 17.8 Å². The lowest BCUT2D eigenvalue weighted by molar-refractivity contribution is -0.118. The van der Waals surface area contributed by atoms with Crippen molar-refractivity contribution in [1.29, 1.82) is 0 Å². The van der Waals surface area contributed by atoms with Crippen LogP contribution in [0.1, 0.15) is 24.8 Å². The van der Waals surface area contributed by atoms with Crippen LogP contribution >= 0.6 is 22.9 Å². The van der Waals surface area contributed by atoms with Crippen molar-refractivity contribution in [3.05, 3.63) is 52.8 Å². The van der Waals surface area contributed by atoms with Crippen molar-refractivity contribution in [2.24, 2.45) is 0 Å². The molecule has 0 bridgehead atoms. The van der Waals surface area contributed by atoms with Crippen molar-refractivity contribution >= 4 is 54.0 Å². The van der Waals surface area contributed by atoms with Crippen LogP contribution in [-0.2, 0) is 14.6 Å². The normalized spacial score (nSPS) is 11.9. The number of thiazole rings is 1. The van der Waals surface area contributed by atoms with Gasteiger partial charge in [-0.2, -0.15) is 0 Å². The van der Waals surface area contributed by atoms with E-state index in [0.29, 0.717) is 16.7 Å². The van der Waals surface area contributed by atoms with E-state index >= 15 is 0 Å². The van der Waals surface area contributed by atoms with Gasteiger partial charge in [0.15, 0.2) is 15.0 Å². The lowest BCUT2D eigenvalue weighted by Gasteiger charge is -2.21. The first-order chi connectivity index (χ1) is 15.6. The topological polar surface area (TPSA) is 70.6 Å². The van der Waals surface area contributed by atoms with E-state index in [0.717, 1.165) is 40.9 Å². The summed E-state index contributed by atoms with van der Waals surface area (Å²) in [7, 11) is 0.342. The molecule has 6 nitrogen and oxygen atoms in total. The molecule has 178 valence electrons. The second-order valence-corrected chi connectivity index (χ2v) is 11.7. The maximum absolute atomic E-state index is 13.1. The van der Waals surface area contributed by atoms with E-state index in [9.17, 15) is 17.6 Å². The summed E-state index contributed by atoms with van der Waals surface area (Å²) < 4.78 is 39.0. The van der Waals surface area contributed by atoms with Gasteiger partial charge < -0.3 is 4.90 Å². The van der Waals surface area contributed by atoms with E-state index in [1.165, 1.54) is 23.5 Å². The maximum Gasteiger partial charge on any atom is 0.228 e. The van der Waals surface area contributed by atoms with E-state index in [1.807, 2.05) is 38.1 Å². The van der Waals surface area contributed by atoms with Crippen molar-refractivity contribution in [3.63, 3.8) is 0 Å². The molecule has 0 unspecified atom stereocenters. The van der Waals surface area contributed by atoms with Crippen molar-refractivity contribution in [3.8, 4) is 0 Å². The van der Waals surface area contributed by atoms with Gasteiger partial charge in [-0.1, -0.05) is 22.9 Å². The molecule has 0 saturated heterocycles. The van der Waals surface area contributed by atoms with Gasteiger partial charge in [0, 0.05) is 18.0 Å². The van der Waals surface area contributed by atoms with Crippen LogP contribution in [0.25, 0.3) is 10.2 Å². The Balaban J connectivity index is 1.74. The predicted molar refractivity (Wildman–Crippen MR) is 133 cm³/mol. The number of anilines is 1. The zero-order chi connectivity index (χ0) is 24.2. The summed E-state index contributed by atoms with van der Waals surface area (Å²) in [6, 6.07) is 8.40. The Morgan fingerprint density at radius 2 is 1.82 bits per heavy atom. The fourth-order valence-electron chi connectivity index (χ4n) is 3.44. The molecule has 0 saturated carbocycles. The van der Waals surface area contributed by atoms with Crippen LogP contribution in [-0.4, -0.2) is 57.1 Å². The maximum atomic E-state index is 13.1. The molecule has 3 rings (SSSR count). The third kappa shape index (κ3) is 6.72. The van der Waals surface area contributed by atoms with Crippen molar-refractivity contribution in [2.75, 3.05) is 37.8 Å². The molecule has 0 aliphatic rings. The SMILES string of the molecule is Cc1cc(Cl)cc2sc(N(CCCN(C)C)C(=O)CCCS(=O)(=O)c3ccc(F)cc3)nc12. The Labute approximate surface area is 202 Å². The minimum atomic E-state index is -3.59. The van der Waals surface area contributed by atoms with E-state index in [-0.39, 0.29) is 29.4 Å². The van der Waals surface area contributed by atoms with Gasteiger partial charge in [-0.15, -0.1) is 0 Å². The lowest BCUT2D eigenvalue weighted by Crippen LogP contribution is -2.33. The minimum Gasteiger partial charge on any atom is -0.309 e. The van der Waals surface area contributed by atoms with Crippen LogP contribution in [0.4, 0.5) is 9.52 Å². The summed E-state index contributed by atoms with van der Waals surface area (Å²) in [4.78, 5) is 21.5. The van der Waals surface area contributed by atoms with E-state index in [2.05, 4.69) is 4.98 Å². The molecule has 1 heterocycles. The molecular weight excluding hydrogens is 485 g/mol. The number of nitrogens with zero attached hydrogens (tertiary/aromatic N) is 3. The zero-order valence-corrected chi connectivity index (χ0v) is 21.2. The van der Waals surface area contributed by atoms with Crippen LogP contribution < -0.4 is 4.90 Å². The molecule has 1 aromatic heterocycles. The summed E-state index contributed by atoms with van der Waals surface area (Å²) in [6.45, 7) is 3.21. The number of aromatic nitrogens is 1. The summed E-state index contributed by atoms with van der Waals surface area (Å²) in [5.41, 5.74) is 1.75. The van der Waals surface area contributed by atoms with Crippen LogP contribution in [0.2, 0.25) is 5.02 Å².